The van der Waals surface area contributed by atoms with E-state index in [0.29, 0.717) is 17.7 Å². The molecule has 0 fully saturated rings. The number of hydrogen-bond acceptors (Lipinski definition) is 2. The van der Waals surface area contributed by atoms with Crippen molar-refractivity contribution in [1.82, 2.24) is 0 Å². The molecule has 0 amide bonds. The number of halogens is 1. The number of amidine groups is 1. The zero-order valence-corrected chi connectivity index (χ0v) is 10.5. The molecule has 3 N–H and O–H groups in total. The monoisotopic (exact) mass is 238 g/mol. The van der Waals surface area contributed by atoms with Crippen LogP contribution in [-0.2, 0) is 11.3 Å². The predicted molar refractivity (Wildman–Crippen MR) is 66.6 cm³/mol. The van der Waals surface area contributed by atoms with Crippen molar-refractivity contribution in [3.8, 4) is 0 Å². The van der Waals surface area contributed by atoms with Crippen LogP contribution in [0.5, 0.6) is 0 Å². The second-order valence-electron chi connectivity index (χ2n) is 4.66. The summed E-state index contributed by atoms with van der Waals surface area (Å²) in [4.78, 5) is 0. The third-order valence-corrected chi connectivity index (χ3v) is 2.75. The predicted octanol–water partition coefficient (Wildman–Crippen LogP) is 2.81. The largest absolute Gasteiger partial charge is 0.384 e. The van der Waals surface area contributed by atoms with Crippen molar-refractivity contribution >= 4 is 5.84 Å². The van der Waals surface area contributed by atoms with Gasteiger partial charge < -0.3 is 10.5 Å². The fourth-order valence-electron chi connectivity index (χ4n) is 1.27. The van der Waals surface area contributed by atoms with Crippen LogP contribution in [0.3, 0.4) is 0 Å². The number of ether oxygens (including phenoxy) is 1. The van der Waals surface area contributed by atoms with E-state index in [-0.39, 0.29) is 11.4 Å². The van der Waals surface area contributed by atoms with E-state index in [0.717, 1.165) is 6.42 Å². The van der Waals surface area contributed by atoms with E-state index in [2.05, 4.69) is 0 Å². The first-order chi connectivity index (χ1) is 7.84. The molecule has 0 aliphatic heterocycles. The molecule has 3 nitrogen and oxygen atoms in total. The second kappa shape index (κ2) is 5.27. The summed E-state index contributed by atoms with van der Waals surface area (Å²) in [6, 6.07) is 4.33. The molecule has 0 spiro atoms. The van der Waals surface area contributed by atoms with Gasteiger partial charge in [0.2, 0.25) is 0 Å². The minimum absolute atomic E-state index is 0.138. The molecule has 0 aliphatic rings. The van der Waals surface area contributed by atoms with Crippen LogP contribution in [0.25, 0.3) is 0 Å². The van der Waals surface area contributed by atoms with Gasteiger partial charge in [0.05, 0.1) is 12.2 Å². The number of rotatable bonds is 5. The smallest absolute Gasteiger partial charge is 0.124 e. The molecule has 0 saturated carbocycles. The normalized spacial score (nSPS) is 11.5. The minimum Gasteiger partial charge on any atom is -0.384 e. The van der Waals surface area contributed by atoms with Gasteiger partial charge in [0.25, 0.3) is 0 Å². The standard InChI is InChI=1S/C13H19FN2O/c1-4-13(2,3)17-8-9-5-10(12(15)16)7-11(14)6-9/h5-7H,4,8H2,1-3H3,(H3,15,16). The Labute approximate surface area is 101 Å². The molecule has 94 valence electrons. The SMILES string of the molecule is CCC(C)(C)OCc1cc(F)cc(C(=N)N)c1. The maximum atomic E-state index is 13.3. The summed E-state index contributed by atoms with van der Waals surface area (Å²) in [5.41, 5.74) is 6.18. The van der Waals surface area contributed by atoms with Gasteiger partial charge >= 0.3 is 0 Å². The minimum atomic E-state index is -0.398. The van der Waals surface area contributed by atoms with Crippen molar-refractivity contribution in [1.29, 1.82) is 5.41 Å². The molecular formula is C13H19FN2O. The summed E-state index contributed by atoms with van der Waals surface area (Å²) in [5, 5.41) is 7.29. The van der Waals surface area contributed by atoms with Crippen LogP contribution in [0.15, 0.2) is 18.2 Å². The Balaban J connectivity index is 2.81. The molecule has 0 aliphatic carbocycles. The van der Waals surface area contributed by atoms with E-state index < -0.39 is 5.82 Å². The molecule has 1 aromatic carbocycles. The molecule has 1 aromatic rings. The molecule has 1 rings (SSSR count). The summed E-state index contributed by atoms with van der Waals surface area (Å²) in [5.74, 6) is -0.536. The summed E-state index contributed by atoms with van der Waals surface area (Å²) in [6.45, 7) is 6.32. The fourth-order valence-corrected chi connectivity index (χ4v) is 1.27. The van der Waals surface area contributed by atoms with Crippen LogP contribution in [0, 0.1) is 11.2 Å². The lowest BCUT2D eigenvalue weighted by molar-refractivity contribution is -0.0317. The maximum Gasteiger partial charge on any atom is 0.124 e. The lowest BCUT2D eigenvalue weighted by Crippen LogP contribution is -2.22. The Morgan fingerprint density at radius 3 is 2.59 bits per heavy atom. The number of benzene rings is 1. The first-order valence-electron chi connectivity index (χ1n) is 5.62. The molecule has 0 saturated heterocycles. The van der Waals surface area contributed by atoms with Crippen molar-refractivity contribution in [2.75, 3.05) is 0 Å². The fraction of sp³-hybridized carbons (Fsp3) is 0.462. The van der Waals surface area contributed by atoms with E-state index in [1.165, 1.54) is 12.1 Å². The number of nitrogen functional groups attached to an aromatic ring is 1. The third-order valence-electron chi connectivity index (χ3n) is 2.75. The zero-order chi connectivity index (χ0) is 13.1. The Bertz CT molecular complexity index is 416. The molecular weight excluding hydrogens is 219 g/mol. The average Bonchev–Trinajstić information content (AvgIpc) is 2.26. The Kier molecular flexibility index (Phi) is 4.23. The summed E-state index contributed by atoms with van der Waals surface area (Å²) in [6.07, 6.45) is 0.877. The molecule has 4 heteroatoms. The molecule has 0 bridgehead atoms. The van der Waals surface area contributed by atoms with Crippen LogP contribution < -0.4 is 5.73 Å². The van der Waals surface area contributed by atoms with Crippen molar-refractivity contribution in [3.05, 3.63) is 35.1 Å². The van der Waals surface area contributed by atoms with Crippen molar-refractivity contribution in [3.63, 3.8) is 0 Å². The molecule has 0 atom stereocenters. The highest BCUT2D eigenvalue weighted by Crippen LogP contribution is 2.17. The van der Waals surface area contributed by atoms with Gasteiger partial charge in [-0.2, -0.15) is 0 Å². The second-order valence-corrected chi connectivity index (χ2v) is 4.66. The lowest BCUT2D eigenvalue weighted by Gasteiger charge is -2.23. The Morgan fingerprint density at radius 2 is 2.06 bits per heavy atom. The van der Waals surface area contributed by atoms with Crippen LogP contribution in [0.1, 0.15) is 38.3 Å². The van der Waals surface area contributed by atoms with Gasteiger partial charge in [0.1, 0.15) is 11.7 Å². The van der Waals surface area contributed by atoms with E-state index in [1.807, 2.05) is 20.8 Å². The van der Waals surface area contributed by atoms with Crippen LogP contribution in [0.2, 0.25) is 0 Å². The molecule has 0 unspecified atom stereocenters. The summed E-state index contributed by atoms with van der Waals surface area (Å²) >= 11 is 0. The van der Waals surface area contributed by atoms with Crippen molar-refractivity contribution in [2.24, 2.45) is 5.73 Å². The van der Waals surface area contributed by atoms with E-state index in [4.69, 9.17) is 15.9 Å². The molecule has 17 heavy (non-hydrogen) atoms. The molecule has 0 radical (unpaired) electrons. The highest BCUT2D eigenvalue weighted by molar-refractivity contribution is 5.95. The van der Waals surface area contributed by atoms with E-state index >= 15 is 0 Å². The number of nitrogens with two attached hydrogens (primary N) is 1. The highest BCUT2D eigenvalue weighted by atomic mass is 19.1. The highest BCUT2D eigenvalue weighted by Gasteiger charge is 2.15. The van der Waals surface area contributed by atoms with Gasteiger partial charge in [0, 0.05) is 5.56 Å². The van der Waals surface area contributed by atoms with E-state index in [1.54, 1.807) is 6.07 Å². The van der Waals surface area contributed by atoms with Gasteiger partial charge in [-0.1, -0.05) is 6.92 Å². The van der Waals surface area contributed by atoms with E-state index in [9.17, 15) is 4.39 Å². The number of hydrogen-bond donors (Lipinski definition) is 2. The van der Waals surface area contributed by atoms with Crippen molar-refractivity contribution in [2.45, 2.75) is 39.4 Å². The van der Waals surface area contributed by atoms with Crippen molar-refractivity contribution < 1.29 is 9.13 Å². The number of nitrogens with one attached hydrogen (secondary N) is 1. The van der Waals surface area contributed by atoms with Crippen LogP contribution in [-0.4, -0.2) is 11.4 Å². The maximum absolute atomic E-state index is 13.3. The van der Waals surface area contributed by atoms with Gasteiger partial charge in [-0.05, 0) is 44.0 Å². The van der Waals surface area contributed by atoms with Crippen LogP contribution in [0.4, 0.5) is 4.39 Å². The lowest BCUT2D eigenvalue weighted by atomic mass is 10.1. The Hall–Kier alpha value is -1.42. The average molecular weight is 238 g/mol. The quantitative estimate of drug-likeness (QED) is 0.612. The zero-order valence-electron chi connectivity index (χ0n) is 10.5. The van der Waals surface area contributed by atoms with Crippen LogP contribution >= 0.6 is 0 Å². The van der Waals surface area contributed by atoms with Gasteiger partial charge in [-0.3, -0.25) is 5.41 Å². The van der Waals surface area contributed by atoms with Gasteiger partial charge in [-0.25, -0.2) is 4.39 Å². The van der Waals surface area contributed by atoms with Gasteiger partial charge in [0.15, 0.2) is 0 Å². The summed E-state index contributed by atoms with van der Waals surface area (Å²) < 4.78 is 19.0. The third kappa shape index (κ3) is 4.15. The van der Waals surface area contributed by atoms with Gasteiger partial charge in [-0.15, -0.1) is 0 Å². The first-order valence-corrected chi connectivity index (χ1v) is 5.62. The Morgan fingerprint density at radius 1 is 1.41 bits per heavy atom. The first kappa shape index (κ1) is 13.6. The summed E-state index contributed by atoms with van der Waals surface area (Å²) in [7, 11) is 0. The molecule has 0 heterocycles. The topological polar surface area (TPSA) is 59.1 Å². The molecule has 0 aromatic heterocycles.